The van der Waals surface area contributed by atoms with Crippen LogP contribution in [0.3, 0.4) is 0 Å². The van der Waals surface area contributed by atoms with Crippen LogP contribution in [0.5, 0.6) is 0 Å². The van der Waals surface area contributed by atoms with Crippen molar-refractivity contribution in [3.05, 3.63) is 27.1 Å². The fraction of sp³-hybridized carbons (Fsp3) is 0.625. The number of piperidine rings is 1. The number of thiophene rings is 1. The normalized spacial score (nSPS) is 26.0. The van der Waals surface area contributed by atoms with Gasteiger partial charge in [0.15, 0.2) is 0 Å². The monoisotopic (exact) mass is 303 g/mol. The van der Waals surface area contributed by atoms with Gasteiger partial charge in [-0.05, 0) is 50.1 Å². The van der Waals surface area contributed by atoms with Gasteiger partial charge in [-0.15, -0.1) is 11.3 Å². The first-order chi connectivity index (χ1) is 10.2. The van der Waals surface area contributed by atoms with Gasteiger partial charge in [0.05, 0.1) is 17.8 Å². The van der Waals surface area contributed by atoms with Crippen molar-refractivity contribution >= 4 is 21.6 Å². The summed E-state index contributed by atoms with van der Waals surface area (Å²) in [5.41, 5.74) is 1.48. The molecular formula is C16H21N3OS. The molecule has 1 aliphatic heterocycles. The minimum atomic E-state index is 0.181. The Hall–Kier alpha value is -1.20. The predicted molar refractivity (Wildman–Crippen MR) is 86.2 cm³/mol. The van der Waals surface area contributed by atoms with Crippen LogP contribution in [0.2, 0.25) is 0 Å². The molecule has 1 fully saturated rings. The van der Waals surface area contributed by atoms with E-state index in [1.807, 2.05) is 4.57 Å². The second kappa shape index (κ2) is 5.21. The van der Waals surface area contributed by atoms with E-state index in [0.717, 1.165) is 54.9 Å². The largest absolute Gasteiger partial charge is 0.315 e. The summed E-state index contributed by atoms with van der Waals surface area (Å²) in [5.74, 6) is 0.732. The standard InChI is InChI=1S/C16H21N3OS/c1-10-4-5-12-13(7-10)21-15-14(12)16(20)19(9-18-15)11-3-2-6-17-8-11/h9-11,17H,2-8H2,1H3/t10-,11+/m1/s1. The van der Waals surface area contributed by atoms with Crippen molar-refractivity contribution in [3.63, 3.8) is 0 Å². The van der Waals surface area contributed by atoms with Gasteiger partial charge in [0.1, 0.15) is 4.83 Å². The SMILES string of the molecule is C[C@@H]1CCc2c(sc3ncn([C@H]4CCCNC4)c(=O)c23)C1. The maximum atomic E-state index is 12.9. The predicted octanol–water partition coefficient (Wildman–Crippen LogP) is 2.51. The Kier molecular flexibility index (Phi) is 3.34. The minimum Gasteiger partial charge on any atom is -0.315 e. The molecule has 0 aromatic carbocycles. The Bertz CT molecular complexity index is 727. The van der Waals surface area contributed by atoms with Gasteiger partial charge in [-0.3, -0.25) is 9.36 Å². The first-order valence-electron chi connectivity index (χ1n) is 7.96. The summed E-state index contributed by atoms with van der Waals surface area (Å²) in [6, 6.07) is 0.265. The molecule has 1 N–H and O–H groups in total. The van der Waals surface area contributed by atoms with E-state index in [4.69, 9.17) is 0 Å². The fourth-order valence-corrected chi connectivity index (χ4v) is 5.02. The molecule has 2 atom stereocenters. The van der Waals surface area contributed by atoms with E-state index in [1.54, 1.807) is 17.7 Å². The highest BCUT2D eigenvalue weighted by Gasteiger charge is 2.24. The molecule has 5 heteroatoms. The molecule has 4 nitrogen and oxygen atoms in total. The van der Waals surface area contributed by atoms with Crippen molar-refractivity contribution in [1.29, 1.82) is 0 Å². The van der Waals surface area contributed by atoms with Crippen molar-refractivity contribution in [2.75, 3.05) is 13.1 Å². The van der Waals surface area contributed by atoms with E-state index in [0.29, 0.717) is 0 Å². The second-order valence-electron chi connectivity index (χ2n) is 6.49. The van der Waals surface area contributed by atoms with Crippen LogP contribution in [0.1, 0.15) is 42.7 Å². The Morgan fingerprint density at radius 1 is 1.43 bits per heavy atom. The lowest BCUT2D eigenvalue weighted by Gasteiger charge is -2.24. The summed E-state index contributed by atoms with van der Waals surface area (Å²) in [6.07, 6.45) is 7.32. The number of fused-ring (bicyclic) bond motifs is 3. The third-order valence-electron chi connectivity index (χ3n) is 4.91. The highest BCUT2D eigenvalue weighted by molar-refractivity contribution is 7.18. The highest BCUT2D eigenvalue weighted by Crippen LogP contribution is 2.35. The molecule has 2 aliphatic rings. The van der Waals surface area contributed by atoms with E-state index in [1.165, 1.54) is 16.9 Å². The molecule has 21 heavy (non-hydrogen) atoms. The molecule has 0 spiro atoms. The number of aryl methyl sites for hydroxylation is 1. The molecule has 2 aromatic heterocycles. The number of rotatable bonds is 1. The molecule has 1 aliphatic carbocycles. The van der Waals surface area contributed by atoms with Crippen LogP contribution in [-0.4, -0.2) is 22.6 Å². The molecule has 4 rings (SSSR count). The van der Waals surface area contributed by atoms with Crippen LogP contribution in [-0.2, 0) is 12.8 Å². The van der Waals surface area contributed by atoms with Crippen molar-refractivity contribution < 1.29 is 0 Å². The van der Waals surface area contributed by atoms with Crippen LogP contribution in [0.15, 0.2) is 11.1 Å². The van der Waals surface area contributed by atoms with Crippen LogP contribution < -0.4 is 10.9 Å². The summed E-state index contributed by atoms with van der Waals surface area (Å²) in [4.78, 5) is 19.9. The first-order valence-corrected chi connectivity index (χ1v) is 8.78. The summed E-state index contributed by atoms with van der Waals surface area (Å²) >= 11 is 1.73. The Morgan fingerprint density at radius 3 is 3.14 bits per heavy atom. The summed E-state index contributed by atoms with van der Waals surface area (Å²) in [6.45, 7) is 4.25. The van der Waals surface area contributed by atoms with Crippen molar-refractivity contribution in [1.82, 2.24) is 14.9 Å². The van der Waals surface area contributed by atoms with Crippen molar-refractivity contribution in [2.45, 2.75) is 45.1 Å². The summed E-state index contributed by atoms with van der Waals surface area (Å²) < 4.78 is 1.87. The lowest BCUT2D eigenvalue weighted by Crippen LogP contribution is -2.36. The molecule has 0 radical (unpaired) electrons. The van der Waals surface area contributed by atoms with Gasteiger partial charge in [0.25, 0.3) is 5.56 Å². The van der Waals surface area contributed by atoms with Gasteiger partial charge in [-0.1, -0.05) is 6.92 Å². The number of nitrogens with zero attached hydrogens (tertiary/aromatic N) is 2. The zero-order valence-electron chi connectivity index (χ0n) is 12.4. The Labute approximate surface area is 128 Å². The fourth-order valence-electron chi connectivity index (χ4n) is 3.67. The van der Waals surface area contributed by atoms with Gasteiger partial charge in [-0.2, -0.15) is 0 Å². The molecule has 0 amide bonds. The topological polar surface area (TPSA) is 46.9 Å². The zero-order chi connectivity index (χ0) is 14.4. The lowest BCUT2D eigenvalue weighted by molar-refractivity contribution is 0.363. The molecule has 0 saturated carbocycles. The molecule has 1 saturated heterocycles. The second-order valence-corrected chi connectivity index (χ2v) is 7.57. The van der Waals surface area contributed by atoms with E-state index in [9.17, 15) is 4.79 Å². The summed E-state index contributed by atoms with van der Waals surface area (Å²) in [5, 5.41) is 4.30. The molecular weight excluding hydrogens is 282 g/mol. The number of hydrogen-bond acceptors (Lipinski definition) is 4. The number of aromatic nitrogens is 2. The molecule has 2 aromatic rings. The van der Waals surface area contributed by atoms with Gasteiger partial charge in [-0.25, -0.2) is 4.98 Å². The third-order valence-corrected chi connectivity index (χ3v) is 6.07. The number of nitrogens with one attached hydrogen (secondary N) is 1. The van der Waals surface area contributed by atoms with Gasteiger partial charge in [0.2, 0.25) is 0 Å². The average Bonchev–Trinajstić information content (AvgIpc) is 2.86. The van der Waals surface area contributed by atoms with Crippen molar-refractivity contribution in [2.24, 2.45) is 5.92 Å². The molecule has 0 bridgehead atoms. The average molecular weight is 303 g/mol. The molecule has 112 valence electrons. The van der Waals surface area contributed by atoms with Gasteiger partial charge in [0, 0.05) is 11.4 Å². The first kappa shape index (κ1) is 13.5. The maximum Gasteiger partial charge on any atom is 0.262 e. The van der Waals surface area contributed by atoms with Crippen LogP contribution >= 0.6 is 11.3 Å². The van der Waals surface area contributed by atoms with E-state index in [2.05, 4.69) is 17.2 Å². The maximum absolute atomic E-state index is 12.9. The van der Waals surface area contributed by atoms with Gasteiger partial charge >= 0.3 is 0 Å². The van der Waals surface area contributed by atoms with E-state index >= 15 is 0 Å². The third kappa shape index (κ3) is 2.23. The summed E-state index contributed by atoms with van der Waals surface area (Å²) in [7, 11) is 0. The highest BCUT2D eigenvalue weighted by atomic mass is 32.1. The van der Waals surface area contributed by atoms with Crippen LogP contribution in [0.25, 0.3) is 10.2 Å². The van der Waals surface area contributed by atoms with Gasteiger partial charge < -0.3 is 5.32 Å². The Morgan fingerprint density at radius 2 is 2.33 bits per heavy atom. The Balaban J connectivity index is 1.84. The lowest BCUT2D eigenvalue weighted by atomic mass is 9.89. The van der Waals surface area contributed by atoms with Crippen molar-refractivity contribution in [3.8, 4) is 0 Å². The number of hydrogen-bond donors (Lipinski definition) is 1. The quantitative estimate of drug-likeness (QED) is 0.880. The van der Waals surface area contributed by atoms with Crippen LogP contribution in [0, 0.1) is 5.92 Å². The van der Waals surface area contributed by atoms with Crippen LogP contribution in [0.4, 0.5) is 0 Å². The van der Waals surface area contributed by atoms with E-state index < -0.39 is 0 Å². The smallest absolute Gasteiger partial charge is 0.262 e. The van der Waals surface area contributed by atoms with E-state index in [-0.39, 0.29) is 11.6 Å². The zero-order valence-corrected chi connectivity index (χ0v) is 13.2. The minimum absolute atomic E-state index is 0.181. The molecule has 3 heterocycles. The molecule has 0 unspecified atom stereocenters.